The Kier molecular flexibility index (Phi) is 6.40. The third-order valence-electron chi connectivity index (χ3n) is 3.90. The molecule has 120 valence electrons. The Hall–Kier alpha value is -1.88. The van der Waals surface area contributed by atoms with Crippen molar-refractivity contribution in [2.75, 3.05) is 20.2 Å². The van der Waals surface area contributed by atoms with Gasteiger partial charge in [-0.1, -0.05) is 18.6 Å². The van der Waals surface area contributed by atoms with E-state index in [9.17, 15) is 9.59 Å². The van der Waals surface area contributed by atoms with Crippen molar-refractivity contribution in [3.8, 4) is 5.75 Å². The molecule has 0 aromatic heterocycles. The van der Waals surface area contributed by atoms with Crippen molar-refractivity contribution < 1.29 is 14.3 Å². The molecular formula is C17H24N2O3. The Morgan fingerprint density at radius 1 is 1.14 bits per heavy atom. The summed E-state index contributed by atoms with van der Waals surface area (Å²) in [6.45, 7) is 1.68. The van der Waals surface area contributed by atoms with Gasteiger partial charge in [0, 0.05) is 19.5 Å². The van der Waals surface area contributed by atoms with E-state index in [1.54, 1.807) is 7.11 Å². The first-order valence-corrected chi connectivity index (χ1v) is 7.91. The molecular weight excluding hydrogens is 280 g/mol. The van der Waals surface area contributed by atoms with E-state index in [1.165, 1.54) is 6.42 Å². The fourth-order valence-electron chi connectivity index (χ4n) is 2.57. The first-order chi connectivity index (χ1) is 10.7. The van der Waals surface area contributed by atoms with Gasteiger partial charge in [-0.2, -0.15) is 0 Å². The number of benzene rings is 1. The van der Waals surface area contributed by atoms with E-state index in [4.69, 9.17) is 4.74 Å². The molecule has 0 bridgehead atoms. The Morgan fingerprint density at radius 2 is 1.82 bits per heavy atom. The van der Waals surface area contributed by atoms with Gasteiger partial charge in [-0.15, -0.1) is 0 Å². The Morgan fingerprint density at radius 3 is 2.45 bits per heavy atom. The quantitative estimate of drug-likeness (QED) is 0.784. The molecule has 22 heavy (non-hydrogen) atoms. The summed E-state index contributed by atoms with van der Waals surface area (Å²) < 4.78 is 5.10. The highest BCUT2D eigenvalue weighted by Gasteiger charge is 2.18. The van der Waals surface area contributed by atoms with E-state index in [1.807, 2.05) is 29.3 Å². The van der Waals surface area contributed by atoms with Crippen LogP contribution >= 0.6 is 0 Å². The lowest BCUT2D eigenvalue weighted by Gasteiger charge is -2.26. The molecule has 1 aromatic rings. The lowest BCUT2D eigenvalue weighted by atomic mass is 10.1. The number of hydrogen-bond acceptors (Lipinski definition) is 4. The minimum atomic E-state index is -0.475. The number of piperidine rings is 1. The van der Waals surface area contributed by atoms with Crippen LogP contribution in [0.3, 0.4) is 0 Å². The molecule has 1 aromatic carbocycles. The topological polar surface area (TPSA) is 58.6 Å². The molecule has 0 radical (unpaired) electrons. The smallest absolute Gasteiger partial charge is 0.301 e. The number of carbonyl (C=O) groups excluding carboxylic acids is 2. The van der Waals surface area contributed by atoms with Crippen LogP contribution in [-0.4, -0.2) is 36.9 Å². The summed E-state index contributed by atoms with van der Waals surface area (Å²) in [4.78, 5) is 23.7. The molecule has 0 spiro atoms. The second kappa shape index (κ2) is 8.54. The minimum absolute atomic E-state index is 0.283. The SMILES string of the molecule is COc1ccc(CCCC(=O)C(=O)NN2CCCCC2)cc1. The maximum Gasteiger partial charge on any atom is 0.301 e. The molecule has 1 saturated heterocycles. The Balaban J connectivity index is 1.68. The van der Waals surface area contributed by atoms with Crippen LogP contribution in [0.4, 0.5) is 0 Å². The second-order valence-electron chi connectivity index (χ2n) is 5.61. The number of hydrogen-bond donors (Lipinski definition) is 1. The molecule has 1 fully saturated rings. The predicted octanol–water partition coefficient (Wildman–Crippen LogP) is 2.10. The van der Waals surface area contributed by atoms with Crippen molar-refractivity contribution in [2.24, 2.45) is 0 Å². The summed E-state index contributed by atoms with van der Waals surface area (Å²) in [5.41, 5.74) is 3.85. The maximum absolute atomic E-state index is 11.8. The first-order valence-electron chi connectivity index (χ1n) is 7.91. The predicted molar refractivity (Wildman–Crippen MR) is 84.5 cm³/mol. The lowest BCUT2D eigenvalue weighted by Crippen LogP contribution is -2.47. The molecule has 1 aliphatic heterocycles. The zero-order valence-electron chi connectivity index (χ0n) is 13.1. The van der Waals surface area contributed by atoms with E-state index >= 15 is 0 Å². The van der Waals surface area contributed by atoms with E-state index in [2.05, 4.69) is 5.43 Å². The molecule has 0 aliphatic carbocycles. The van der Waals surface area contributed by atoms with Gasteiger partial charge >= 0.3 is 5.91 Å². The van der Waals surface area contributed by atoms with Crippen LogP contribution < -0.4 is 10.2 Å². The van der Waals surface area contributed by atoms with Gasteiger partial charge in [-0.05, 0) is 43.4 Å². The van der Waals surface area contributed by atoms with Gasteiger partial charge in [0.15, 0.2) is 0 Å². The molecule has 2 rings (SSSR count). The van der Waals surface area contributed by atoms with Crippen molar-refractivity contribution in [1.29, 1.82) is 0 Å². The van der Waals surface area contributed by atoms with Crippen molar-refractivity contribution in [3.05, 3.63) is 29.8 Å². The standard InChI is InChI=1S/C17H24N2O3/c1-22-15-10-8-14(9-11-15)6-5-7-16(20)17(21)18-19-12-3-2-4-13-19/h8-11H,2-7,12-13H2,1H3,(H,18,21). The third kappa shape index (κ3) is 5.15. The minimum Gasteiger partial charge on any atom is -0.497 e. The Bertz CT molecular complexity index is 493. The fraction of sp³-hybridized carbons (Fsp3) is 0.529. The average molecular weight is 304 g/mol. The number of amides is 1. The number of methoxy groups -OCH3 is 1. The molecule has 1 heterocycles. The molecule has 1 aliphatic rings. The fourth-order valence-corrected chi connectivity index (χ4v) is 2.57. The van der Waals surface area contributed by atoms with Crippen LogP contribution in [-0.2, 0) is 16.0 Å². The number of ketones is 1. The van der Waals surface area contributed by atoms with Gasteiger partial charge in [-0.3, -0.25) is 15.0 Å². The molecule has 5 heteroatoms. The number of carbonyl (C=O) groups is 2. The highest BCUT2D eigenvalue weighted by Crippen LogP contribution is 2.13. The highest BCUT2D eigenvalue weighted by molar-refractivity contribution is 6.35. The number of nitrogens with zero attached hydrogens (tertiary/aromatic N) is 1. The lowest BCUT2D eigenvalue weighted by molar-refractivity contribution is -0.141. The van der Waals surface area contributed by atoms with E-state index in [-0.39, 0.29) is 12.2 Å². The zero-order valence-corrected chi connectivity index (χ0v) is 13.1. The molecule has 1 amide bonds. The highest BCUT2D eigenvalue weighted by atomic mass is 16.5. The van der Waals surface area contributed by atoms with Crippen LogP contribution in [0.2, 0.25) is 0 Å². The third-order valence-corrected chi connectivity index (χ3v) is 3.90. The van der Waals surface area contributed by atoms with Crippen LogP contribution in [0.15, 0.2) is 24.3 Å². The van der Waals surface area contributed by atoms with Gasteiger partial charge in [0.25, 0.3) is 0 Å². The second-order valence-corrected chi connectivity index (χ2v) is 5.61. The number of nitrogens with one attached hydrogen (secondary N) is 1. The summed E-state index contributed by atoms with van der Waals surface area (Å²) in [6.07, 6.45) is 5.09. The number of rotatable bonds is 7. The Labute approximate surface area is 131 Å². The summed E-state index contributed by atoms with van der Waals surface area (Å²) in [6, 6.07) is 7.77. The number of Topliss-reactive ketones (excluding diaryl/α,β-unsaturated/α-hetero) is 1. The normalized spacial score (nSPS) is 15.3. The van der Waals surface area contributed by atoms with Gasteiger partial charge in [0.05, 0.1) is 7.11 Å². The van der Waals surface area contributed by atoms with Gasteiger partial charge in [0.1, 0.15) is 5.75 Å². The summed E-state index contributed by atoms with van der Waals surface area (Å²) in [5.74, 6) is 0.0106. The van der Waals surface area contributed by atoms with Crippen molar-refractivity contribution in [1.82, 2.24) is 10.4 Å². The van der Waals surface area contributed by atoms with Crippen LogP contribution in [0.25, 0.3) is 0 Å². The molecule has 0 atom stereocenters. The number of aryl methyl sites for hydroxylation is 1. The molecule has 5 nitrogen and oxygen atoms in total. The average Bonchev–Trinajstić information content (AvgIpc) is 2.56. The van der Waals surface area contributed by atoms with Gasteiger partial charge < -0.3 is 4.74 Å². The van der Waals surface area contributed by atoms with E-state index < -0.39 is 5.91 Å². The largest absolute Gasteiger partial charge is 0.497 e. The summed E-state index contributed by atoms with van der Waals surface area (Å²) >= 11 is 0. The van der Waals surface area contributed by atoms with Crippen LogP contribution in [0.5, 0.6) is 5.75 Å². The number of ether oxygens (including phenoxy) is 1. The van der Waals surface area contributed by atoms with Crippen molar-refractivity contribution in [2.45, 2.75) is 38.5 Å². The van der Waals surface area contributed by atoms with Gasteiger partial charge in [0.2, 0.25) is 5.78 Å². The molecule has 0 saturated carbocycles. The molecule has 1 N–H and O–H groups in total. The number of hydrazine groups is 1. The molecule has 0 unspecified atom stereocenters. The first kappa shape index (κ1) is 16.5. The monoisotopic (exact) mass is 304 g/mol. The van der Waals surface area contributed by atoms with Crippen LogP contribution in [0.1, 0.15) is 37.7 Å². The summed E-state index contributed by atoms with van der Waals surface area (Å²) in [5, 5.41) is 1.85. The van der Waals surface area contributed by atoms with Crippen LogP contribution in [0, 0.1) is 0 Å². The summed E-state index contributed by atoms with van der Waals surface area (Å²) in [7, 11) is 1.63. The van der Waals surface area contributed by atoms with Gasteiger partial charge in [-0.25, -0.2) is 5.01 Å². The van der Waals surface area contributed by atoms with E-state index in [0.29, 0.717) is 6.42 Å². The van der Waals surface area contributed by atoms with E-state index in [0.717, 1.165) is 43.7 Å². The maximum atomic E-state index is 11.8. The zero-order chi connectivity index (χ0) is 15.8. The van der Waals surface area contributed by atoms with Crippen molar-refractivity contribution >= 4 is 11.7 Å². The van der Waals surface area contributed by atoms with Crippen molar-refractivity contribution in [3.63, 3.8) is 0 Å².